The molecule has 7 heteroatoms. The molecule has 0 aromatic heterocycles. The quantitative estimate of drug-likeness (QED) is 0.0893. The molecule has 2 atom stereocenters. The second-order valence-corrected chi connectivity index (χ2v) is 11.0. The smallest absolute Gasteiger partial charge is 0.377 e. The predicted octanol–water partition coefficient (Wildman–Crippen LogP) is 7.80. The first-order valence-corrected chi connectivity index (χ1v) is 14.3. The highest BCUT2D eigenvalue weighted by Crippen LogP contribution is 2.22. The van der Waals surface area contributed by atoms with E-state index in [0.717, 1.165) is 56.9 Å². The predicted molar refractivity (Wildman–Crippen MR) is 160 cm³/mol. The highest BCUT2D eigenvalue weighted by molar-refractivity contribution is 5.89. The standard InChI is InChI=1S/C33H50O7/c1-23(2)12-9-15-26(5)18-10-16-24(3)13-7-8-14-25(4)17-11-19-27(6)20-21-29(35)39-22-28(34)32-30(36)31(37)33(38)40-32/h12-14,18-19,28,32,34,36-37H,7-11,15-17,20-22H2,1-6H3/t28-,32+/m0/s1. The number of hydrogen-bond acceptors (Lipinski definition) is 7. The van der Waals surface area contributed by atoms with Crippen LogP contribution in [0.3, 0.4) is 0 Å². The number of ether oxygens (including phenoxy) is 2. The van der Waals surface area contributed by atoms with Crippen molar-refractivity contribution in [3.8, 4) is 0 Å². The number of aliphatic hydroxyl groups is 3. The van der Waals surface area contributed by atoms with E-state index < -0.39 is 42.3 Å². The molecule has 0 aliphatic carbocycles. The second-order valence-electron chi connectivity index (χ2n) is 11.0. The van der Waals surface area contributed by atoms with Gasteiger partial charge in [0.2, 0.25) is 5.76 Å². The third kappa shape index (κ3) is 14.9. The number of aliphatic hydroxyl groups excluding tert-OH is 3. The molecule has 0 aromatic carbocycles. The number of allylic oxidation sites excluding steroid dienone is 10. The van der Waals surface area contributed by atoms with Crippen LogP contribution in [0.25, 0.3) is 0 Å². The van der Waals surface area contributed by atoms with Crippen molar-refractivity contribution < 1.29 is 34.4 Å². The average Bonchev–Trinajstić information content (AvgIpc) is 3.15. The molecule has 0 fully saturated rings. The lowest BCUT2D eigenvalue weighted by atomic mass is 10.0. The van der Waals surface area contributed by atoms with Gasteiger partial charge in [0.25, 0.3) is 0 Å². The fourth-order valence-electron chi connectivity index (χ4n) is 4.11. The highest BCUT2D eigenvalue weighted by Gasteiger charge is 2.39. The number of carbonyl (C=O) groups excluding carboxylic acids is 2. The van der Waals surface area contributed by atoms with Crippen molar-refractivity contribution in [2.24, 2.45) is 0 Å². The zero-order chi connectivity index (χ0) is 30.1. The Bertz CT molecular complexity index is 1020. The van der Waals surface area contributed by atoms with E-state index in [1.54, 1.807) is 0 Å². The van der Waals surface area contributed by atoms with Gasteiger partial charge in [-0.2, -0.15) is 0 Å². The molecule has 7 nitrogen and oxygen atoms in total. The van der Waals surface area contributed by atoms with E-state index in [1.807, 2.05) is 6.92 Å². The van der Waals surface area contributed by atoms with Gasteiger partial charge in [-0.25, -0.2) is 4.79 Å². The Morgan fingerprint density at radius 2 is 1.20 bits per heavy atom. The summed E-state index contributed by atoms with van der Waals surface area (Å²) in [5.41, 5.74) is 6.74. The van der Waals surface area contributed by atoms with Gasteiger partial charge < -0.3 is 24.8 Å². The van der Waals surface area contributed by atoms with E-state index in [0.29, 0.717) is 6.42 Å². The number of rotatable bonds is 18. The largest absolute Gasteiger partial charge is 0.505 e. The van der Waals surface area contributed by atoms with E-state index in [-0.39, 0.29) is 6.42 Å². The first-order valence-electron chi connectivity index (χ1n) is 14.3. The SMILES string of the molecule is CC(C)=CCCC(C)=CCCC(C)=CCCC=C(C)CCC=C(C)CCC(=O)OC[C@H](O)[C@H]1OC(=O)C(O)=C1O. The summed E-state index contributed by atoms with van der Waals surface area (Å²) < 4.78 is 9.66. The Balaban J connectivity index is 2.23. The fourth-order valence-corrected chi connectivity index (χ4v) is 4.11. The Kier molecular flexibility index (Phi) is 16.7. The molecular weight excluding hydrogens is 508 g/mol. The number of cyclic esters (lactones) is 1. The molecule has 0 amide bonds. The average molecular weight is 559 g/mol. The van der Waals surface area contributed by atoms with Crippen molar-refractivity contribution in [2.45, 2.75) is 118 Å². The lowest BCUT2D eigenvalue weighted by Gasteiger charge is -2.17. The Morgan fingerprint density at radius 1 is 0.750 bits per heavy atom. The van der Waals surface area contributed by atoms with Crippen LogP contribution in [-0.2, 0) is 19.1 Å². The van der Waals surface area contributed by atoms with Gasteiger partial charge in [0.05, 0.1) is 0 Å². The molecular formula is C33H50O7. The summed E-state index contributed by atoms with van der Waals surface area (Å²) >= 11 is 0. The van der Waals surface area contributed by atoms with E-state index in [1.165, 1.54) is 22.3 Å². The monoisotopic (exact) mass is 558 g/mol. The Labute approximate surface area is 240 Å². The molecule has 0 saturated heterocycles. The van der Waals surface area contributed by atoms with Gasteiger partial charge >= 0.3 is 11.9 Å². The van der Waals surface area contributed by atoms with E-state index >= 15 is 0 Å². The summed E-state index contributed by atoms with van der Waals surface area (Å²) in [6.07, 6.45) is 17.7. The van der Waals surface area contributed by atoms with E-state index in [2.05, 4.69) is 69.7 Å². The lowest BCUT2D eigenvalue weighted by molar-refractivity contribution is -0.154. The zero-order valence-corrected chi connectivity index (χ0v) is 25.3. The van der Waals surface area contributed by atoms with Crippen LogP contribution >= 0.6 is 0 Å². The van der Waals surface area contributed by atoms with Crippen LogP contribution in [0.4, 0.5) is 0 Å². The van der Waals surface area contributed by atoms with Crippen LogP contribution < -0.4 is 0 Å². The second kappa shape index (κ2) is 19.1. The van der Waals surface area contributed by atoms with Crippen LogP contribution in [0.5, 0.6) is 0 Å². The van der Waals surface area contributed by atoms with Gasteiger partial charge in [0.1, 0.15) is 12.7 Å². The van der Waals surface area contributed by atoms with Crippen molar-refractivity contribution in [3.63, 3.8) is 0 Å². The molecule has 224 valence electrons. The normalized spacial score (nSPS) is 17.7. The Morgan fingerprint density at radius 3 is 1.65 bits per heavy atom. The van der Waals surface area contributed by atoms with Crippen LogP contribution in [-0.4, -0.2) is 46.1 Å². The molecule has 1 aliphatic heterocycles. The zero-order valence-electron chi connectivity index (χ0n) is 25.3. The molecule has 3 N–H and O–H groups in total. The summed E-state index contributed by atoms with van der Waals surface area (Å²) in [5, 5.41) is 28.8. The summed E-state index contributed by atoms with van der Waals surface area (Å²) in [7, 11) is 0. The third-order valence-electron chi connectivity index (χ3n) is 6.73. The first-order chi connectivity index (χ1) is 18.9. The number of unbranched alkanes of at least 4 members (excludes halogenated alkanes) is 1. The van der Waals surface area contributed by atoms with Gasteiger partial charge in [-0.15, -0.1) is 0 Å². The Hall–Kier alpha value is -3.06. The molecule has 0 radical (unpaired) electrons. The molecule has 0 saturated carbocycles. The molecule has 0 bridgehead atoms. The van der Waals surface area contributed by atoms with Gasteiger partial charge in [-0.1, -0.05) is 58.2 Å². The maximum Gasteiger partial charge on any atom is 0.377 e. The highest BCUT2D eigenvalue weighted by atomic mass is 16.6. The molecule has 1 rings (SSSR count). The minimum atomic E-state index is -1.46. The molecule has 40 heavy (non-hydrogen) atoms. The first kappa shape index (κ1) is 35.0. The molecule has 0 spiro atoms. The minimum Gasteiger partial charge on any atom is -0.505 e. The van der Waals surface area contributed by atoms with Crippen molar-refractivity contribution in [1.82, 2.24) is 0 Å². The number of hydrogen-bond donors (Lipinski definition) is 3. The molecule has 0 unspecified atom stereocenters. The third-order valence-corrected chi connectivity index (χ3v) is 6.73. The fraction of sp³-hybridized carbons (Fsp3) is 0.576. The molecule has 0 aromatic rings. The summed E-state index contributed by atoms with van der Waals surface area (Å²) in [5.74, 6) is -3.33. The molecule has 1 aliphatic rings. The van der Waals surface area contributed by atoms with Crippen LogP contribution in [0.2, 0.25) is 0 Å². The van der Waals surface area contributed by atoms with Gasteiger partial charge in [-0.05, 0) is 99.3 Å². The number of esters is 2. The lowest BCUT2D eigenvalue weighted by Crippen LogP contribution is -2.33. The van der Waals surface area contributed by atoms with Gasteiger partial charge in [-0.3, -0.25) is 4.79 Å². The molecule has 1 heterocycles. The summed E-state index contributed by atoms with van der Waals surface area (Å²) in [4.78, 5) is 23.2. The van der Waals surface area contributed by atoms with Gasteiger partial charge in [0.15, 0.2) is 11.9 Å². The van der Waals surface area contributed by atoms with Crippen LogP contribution in [0, 0.1) is 0 Å². The maximum atomic E-state index is 12.0. The number of carbonyl (C=O) groups is 2. The van der Waals surface area contributed by atoms with Crippen molar-refractivity contribution >= 4 is 11.9 Å². The maximum absolute atomic E-state index is 12.0. The van der Waals surface area contributed by atoms with E-state index in [4.69, 9.17) is 4.74 Å². The van der Waals surface area contributed by atoms with Crippen LogP contribution in [0.1, 0.15) is 106 Å². The minimum absolute atomic E-state index is 0.151. The van der Waals surface area contributed by atoms with Crippen molar-refractivity contribution in [3.05, 3.63) is 69.8 Å². The van der Waals surface area contributed by atoms with Crippen LogP contribution in [0.15, 0.2) is 69.8 Å². The summed E-state index contributed by atoms with van der Waals surface area (Å²) in [6.45, 7) is 12.4. The topological polar surface area (TPSA) is 113 Å². The van der Waals surface area contributed by atoms with E-state index in [9.17, 15) is 24.9 Å². The van der Waals surface area contributed by atoms with Gasteiger partial charge in [0, 0.05) is 6.42 Å². The van der Waals surface area contributed by atoms with Crippen molar-refractivity contribution in [2.75, 3.05) is 6.61 Å². The summed E-state index contributed by atoms with van der Waals surface area (Å²) in [6, 6.07) is 0. The van der Waals surface area contributed by atoms with Crippen molar-refractivity contribution in [1.29, 1.82) is 0 Å².